The summed E-state index contributed by atoms with van der Waals surface area (Å²) in [5.74, 6) is -1.29. The van der Waals surface area contributed by atoms with Crippen LogP contribution < -0.4 is 10.5 Å². The first-order valence-electron chi connectivity index (χ1n) is 8.22. The van der Waals surface area contributed by atoms with E-state index in [-0.39, 0.29) is 30.0 Å². The van der Waals surface area contributed by atoms with Crippen LogP contribution in [-0.4, -0.2) is 56.0 Å². The molecule has 4 N–H and O–H groups in total. The van der Waals surface area contributed by atoms with Gasteiger partial charge in [-0.05, 0) is 11.8 Å². The van der Waals surface area contributed by atoms with Crippen LogP contribution in [0, 0.1) is 11.3 Å². The van der Waals surface area contributed by atoms with E-state index >= 15 is 0 Å². The highest BCUT2D eigenvalue weighted by Gasteiger charge is 2.28. The Morgan fingerprint density at radius 1 is 1.31 bits per heavy atom. The molecular formula is C16H25N5O5. The summed E-state index contributed by atoms with van der Waals surface area (Å²) in [6.45, 7) is 6.41. The van der Waals surface area contributed by atoms with Crippen molar-refractivity contribution in [2.75, 3.05) is 26.1 Å². The van der Waals surface area contributed by atoms with Gasteiger partial charge in [0.15, 0.2) is 17.0 Å². The number of methoxy groups -OCH3 is 1. The highest BCUT2D eigenvalue weighted by atomic mass is 16.5. The van der Waals surface area contributed by atoms with Gasteiger partial charge in [-0.1, -0.05) is 20.8 Å². The van der Waals surface area contributed by atoms with Gasteiger partial charge in [-0.3, -0.25) is 9.36 Å². The quantitative estimate of drug-likeness (QED) is 0.558. The Hall–Kier alpha value is -2.62. The molecular weight excluding hydrogens is 342 g/mol. The third kappa shape index (κ3) is 4.51. The fraction of sp³-hybridized carbons (Fsp3) is 0.625. The van der Waals surface area contributed by atoms with E-state index in [2.05, 4.69) is 15.0 Å². The van der Waals surface area contributed by atoms with E-state index < -0.39 is 17.3 Å². The predicted octanol–water partition coefficient (Wildman–Crippen LogP) is 1.28. The van der Waals surface area contributed by atoms with Gasteiger partial charge in [-0.15, -0.1) is 0 Å². The Morgan fingerprint density at radius 2 is 2.00 bits per heavy atom. The Labute approximate surface area is 151 Å². The largest absolute Gasteiger partial charge is 0.481 e. The number of fused-ring (bicyclic) bond motifs is 1. The molecule has 0 aliphatic carbocycles. The fourth-order valence-corrected chi connectivity index (χ4v) is 2.82. The Kier molecular flexibility index (Phi) is 5.86. The molecule has 26 heavy (non-hydrogen) atoms. The van der Waals surface area contributed by atoms with Gasteiger partial charge in [0.25, 0.3) is 6.01 Å². The van der Waals surface area contributed by atoms with Gasteiger partial charge in [-0.2, -0.15) is 15.0 Å². The molecule has 0 saturated carbocycles. The minimum Gasteiger partial charge on any atom is -0.481 e. The number of ether oxygens (including phenoxy) is 2. The number of carbonyl (C=O) groups is 1. The van der Waals surface area contributed by atoms with Crippen LogP contribution in [0.25, 0.3) is 11.2 Å². The SMILES string of the molecule is COCCOc1nc(N)c2nc(O)n(CC(C)(C)CC(C)C(=O)O)c2n1. The van der Waals surface area contributed by atoms with Crippen LogP contribution in [0.4, 0.5) is 5.82 Å². The first-order valence-corrected chi connectivity index (χ1v) is 8.22. The molecule has 2 aromatic heterocycles. The van der Waals surface area contributed by atoms with E-state index in [9.17, 15) is 9.90 Å². The molecule has 0 fully saturated rings. The number of aliphatic carboxylic acids is 1. The summed E-state index contributed by atoms with van der Waals surface area (Å²) in [5, 5.41) is 19.4. The van der Waals surface area contributed by atoms with Crippen LogP contribution in [0.1, 0.15) is 27.2 Å². The van der Waals surface area contributed by atoms with Gasteiger partial charge in [0.05, 0.1) is 12.5 Å². The average Bonchev–Trinajstić information content (AvgIpc) is 2.84. The van der Waals surface area contributed by atoms with Crippen LogP contribution in [-0.2, 0) is 16.1 Å². The molecule has 144 valence electrons. The van der Waals surface area contributed by atoms with Gasteiger partial charge in [-0.25, -0.2) is 0 Å². The Bertz CT molecular complexity index is 789. The highest BCUT2D eigenvalue weighted by Crippen LogP contribution is 2.32. The molecule has 2 aromatic rings. The minimum absolute atomic E-state index is 0.0601. The van der Waals surface area contributed by atoms with Crippen molar-refractivity contribution in [2.45, 2.75) is 33.7 Å². The van der Waals surface area contributed by atoms with E-state index in [0.29, 0.717) is 25.2 Å². The van der Waals surface area contributed by atoms with Crippen LogP contribution in [0.15, 0.2) is 0 Å². The lowest BCUT2D eigenvalue weighted by Gasteiger charge is -2.27. The maximum atomic E-state index is 11.1. The Balaban J connectivity index is 2.33. The van der Waals surface area contributed by atoms with Crippen LogP contribution in [0.2, 0.25) is 0 Å². The van der Waals surface area contributed by atoms with E-state index in [1.807, 2.05) is 13.8 Å². The van der Waals surface area contributed by atoms with Crippen LogP contribution >= 0.6 is 0 Å². The summed E-state index contributed by atoms with van der Waals surface area (Å²) in [5.41, 5.74) is 6.07. The maximum absolute atomic E-state index is 11.1. The standard InChI is InChI=1S/C16H25N5O5/c1-9(13(22)23)7-16(2,3)8-21-12-10(18-15(21)24)11(17)19-14(20-12)26-6-5-25-4/h9H,5-8H2,1-4H3,(H,18,24)(H,22,23)(H2,17,19,20). The van der Waals surface area contributed by atoms with Crippen molar-refractivity contribution in [1.82, 2.24) is 19.5 Å². The molecule has 0 amide bonds. The molecule has 1 unspecified atom stereocenters. The summed E-state index contributed by atoms with van der Waals surface area (Å²) in [6.07, 6.45) is 0.416. The smallest absolute Gasteiger partial charge is 0.320 e. The maximum Gasteiger partial charge on any atom is 0.320 e. The van der Waals surface area contributed by atoms with E-state index in [0.717, 1.165) is 0 Å². The monoisotopic (exact) mass is 367 g/mol. The molecule has 0 aliphatic rings. The number of carboxylic acid groups (broad SMARTS) is 1. The van der Waals surface area contributed by atoms with E-state index in [1.165, 1.54) is 4.57 Å². The van der Waals surface area contributed by atoms with Gasteiger partial charge in [0.2, 0.25) is 0 Å². The van der Waals surface area contributed by atoms with Crippen molar-refractivity contribution in [2.24, 2.45) is 11.3 Å². The third-order valence-corrected chi connectivity index (χ3v) is 3.97. The minimum atomic E-state index is -0.863. The average molecular weight is 367 g/mol. The molecule has 0 aromatic carbocycles. The second-order valence-corrected chi connectivity index (χ2v) is 7.01. The van der Waals surface area contributed by atoms with Gasteiger partial charge in [0, 0.05) is 13.7 Å². The zero-order valence-corrected chi connectivity index (χ0v) is 15.4. The van der Waals surface area contributed by atoms with E-state index in [4.69, 9.17) is 20.3 Å². The van der Waals surface area contributed by atoms with Gasteiger partial charge in [0.1, 0.15) is 6.61 Å². The van der Waals surface area contributed by atoms with E-state index in [1.54, 1.807) is 14.0 Å². The number of carboxylic acids is 1. The van der Waals surface area contributed by atoms with Crippen molar-refractivity contribution in [3.05, 3.63) is 0 Å². The number of anilines is 1. The fourth-order valence-electron chi connectivity index (χ4n) is 2.82. The number of aromatic hydroxyl groups is 1. The molecule has 10 heteroatoms. The summed E-state index contributed by atoms with van der Waals surface area (Å²) in [4.78, 5) is 23.5. The zero-order valence-electron chi connectivity index (χ0n) is 15.4. The van der Waals surface area contributed by atoms with Crippen molar-refractivity contribution in [1.29, 1.82) is 0 Å². The lowest BCUT2D eigenvalue weighted by Crippen LogP contribution is -2.25. The molecule has 0 spiro atoms. The number of hydrogen-bond acceptors (Lipinski definition) is 8. The topological polar surface area (TPSA) is 146 Å². The molecule has 2 rings (SSSR count). The molecule has 0 aliphatic heterocycles. The summed E-state index contributed by atoms with van der Waals surface area (Å²) in [7, 11) is 1.55. The summed E-state index contributed by atoms with van der Waals surface area (Å²) < 4.78 is 11.8. The number of nitrogen functional groups attached to an aromatic ring is 1. The molecule has 2 heterocycles. The molecule has 0 saturated heterocycles. The first-order chi connectivity index (χ1) is 12.1. The second kappa shape index (κ2) is 7.73. The van der Waals surface area contributed by atoms with Gasteiger partial charge < -0.3 is 25.4 Å². The van der Waals surface area contributed by atoms with Crippen LogP contribution in [0.5, 0.6) is 12.0 Å². The molecule has 0 bridgehead atoms. The zero-order chi connectivity index (χ0) is 19.5. The summed E-state index contributed by atoms with van der Waals surface area (Å²) >= 11 is 0. The normalized spacial score (nSPS) is 13.1. The number of nitrogens with zero attached hydrogens (tertiary/aromatic N) is 4. The Morgan fingerprint density at radius 3 is 2.62 bits per heavy atom. The highest BCUT2D eigenvalue weighted by molar-refractivity contribution is 5.83. The van der Waals surface area contributed by atoms with Crippen molar-refractivity contribution < 1.29 is 24.5 Å². The van der Waals surface area contributed by atoms with Crippen molar-refractivity contribution >= 4 is 23.0 Å². The number of aromatic nitrogens is 4. The number of hydrogen-bond donors (Lipinski definition) is 3. The lowest BCUT2D eigenvalue weighted by molar-refractivity contribution is -0.142. The van der Waals surface area contributed by atoms with Gasteiger partial charge >= 0.3 is 12.0 Å². The molecule has 10 nitrogen and oxygen atoms in total. The number of imidazole rings is 1. The predicted molar refractivity (Wildman–Crippen MR) is 94.0 cm³/mol. The number of rotatable bonds is 9. The molecule has 1 atom stereocenters. The summed E-state index contributed by atoms with van der Waals surface area (Å²) in [6, 6.07) is -0.198. The number of nitrogens with two attached hydrogens (primary N) is 1. The third-order valence-electron chi connectivity index (χ3n) is 3.97. The van der Waals surface area contributed by atoms with Crippen molar-refractivity contribution in [3.8, 4) is 12.0 Å². The lowest BCUT2D eigenvalue weighted by atomic mass is 9.83. The first kappa shape index (κ1) is 19.7. The molecule has 0 radical (unpaired) electrons. The van der Waals surface area contributed by atoms with Crippen molar-refractivity contribution in [3.63, 3.8) is 0 Å². The van der Waals surface area contributed by atoms with Crippen LogP contribution in [0.3, 0.4) is 0 Å². The second-order valence-electron chi connectivity index (χ2n) is 7.01.